The minimum absolute atomic E-state index is 0.0739. The van der Waals surface area contributed by atoms with E-state index in [1.165, 1.54) is 0 Å². The fraction of sp³-hybridized carbons (Fsp3) is 0.833. The van der Waals surface area contributed by atoms with Gasteiger partial charge in [0.25, 0.3) is 0 Å². The van der Waals surface area contributed by atoms with Crippen molar-refractivity contribution in [3.63, 3.8) is 0 Å². The van der Waals surface area contributed by atoms with Gasteiger partial charge in [-0.2, -0.15) is 11.8 Å². The van der Waals surface area contributed by atoms with Gasteiger partial charge in [-0.1, -0.05) is 20.3 Å². The zero-order valence-corrected chi connectivity index (χ0v) is 11.8. The third kappa shape index (κ3) is 4.76. The Kier molecular flexibility index (Phi) is 6.32. The zero-order chi connectivity index (χ0) is 13.5. The molecule has 0 aliphatic carbocycles. The second kappa shape index (κ2) is 7.51. The first-order valence-electron chi connectivity index (χ1n) is 6.42. The van der Waals surface area contributed by atoms with Crippen LogP contribution in [0.3, 0.4) is 0 Å². The second-order valence-electron chi connectivity index (χ2n) is 4.71. The van der Waals surface area contributed by atoms with Crippen molar-refractivity contribution in [3.8, 4) is 0 Å². The molecule has 104 valence electrons. The first-order valence-corrected chi connectivity index (χ1v) is 7.57. The molecule has 0 radical (unpaired) electrons. The molecule has 1 fully saturated rings. The maximum Gasteiger partial charge on any atom is 0.326 e. The highest BCUT2D eigenvalue weighted by Gasteiger charge is 2.26. The van der Waals surface area contributed by atoms with Gasteiger partial charge in [0.05, 0.1) is 0 Å². The van der Waals surface area contributed by atoms with Gasteiger partial charge in [-0.15, -0.1) is 0 Å². The number of hydrogen-bond donors (Lipinski definition) is 3. The van der Waals surface area contributed by atoms with Crippen molar-refractivity contribution < 1.29 is 14.7 Å². The molecule has 2 amide bonds. The largest absolute Gasteiger partial charge is 0.480 e. The van der Waals surface area contributed by atoms with Gasteiger partial charge in [-0.25, -0.2) is 9.59 Å². The van der Waals surface area contributed by atoms with Crippen LogP contribution in [0.1, 0.15) is 33.1 Å². The third-order valence-electron chi connectivity index (χ3n) is 3.32. The van der Waals surface area contributed by atoms with Crippen LogP contribution in [0.15, 0.2) is 0 Å². The van der Waals surface area contributed by atoms with Crippen LogP contribution >= 0.6 is 11.8 Å². The summed E-state index contributed by atoms with van der Waals surface area (Å²) in [4.78, 5) is 22.8. The van der Waals surface area contributed by atoms with E-state index in [9.17, 15) is 9.59 Å². The Morgan fingerprint density at radius 2 is 2.00 bits per heavy atom. The molecule has 0 saturated carbocycles. The molecule has 0 bridgehead atoms. The molecule has 1 rings (SSSR count). The summed E-state index contributed by atoms with van der Waals surface area (Å²) >= 11 is 1.89. The lowest BCUT2D eigenvalue weighted by Gasteiger charge is -2.25. The second-order valence-corrected chi connectivity index (χ2v) is 5.93. The molecule has 6 heteroatoms. The van der Waals surface area contributed by atoms with E-state index in [0.29, 0.717) is 0 Å². The molecule has 0 unspecified atom stereocenters. The highest BCUT2D eigenvalue weighted by molar-refractivity contribution is 7.99. The van der Waals surface area contributed by atoms with Gasteiger partial charge in [0.15, 0.2) is 0 Å². The van der Waals surface area contributed by atoms with Crippen LogP contribution in [0.4, 0.5) is 4.79 Å². The number of carbonyl (C=O) groups is 2. The Hall–Kier alpha value is -0.910. The molecule has 1 saturated heterocycles. The molecule has 0 aromatic carbocycles. The van der Waals surface area contributed by atoms with Gasteiger partial charge >= 0.3 is 12.0 Å². The molecule has 3 N–H and O–H groups in total. The van der Waals surface area contributed by atoms with Crippen molar-refractivity contribution in [1.82, 2.24) is 10.6 Å². The summed E-state index contributed by atoms with van der Waals surface area (Å²) in [5.41, 5.74) is 0. The van der Waals surface area contributed by atoms with Crippen molar-refractivity contribution in [2.24, 2.45) is 5.92 Å². The Morgan fingerprint density at radius 1 is 1.39 bits per heavy atom. The SMILES string of the molecule is CC[C@H](C)[C@H](NC(=O)NC1CCSCC1)C(=O)O. The first-order chi connectivity index (χ1) is 8.54. The highest BCUT2D eigenvalue weighted by Crippen LogP contribution is 2.16. The minimum Gasteiger partial charge on any atom is -0.480 e. The highest BCUT2D eigenvalue weighted by atomic mass is 32.2. The van der Waals surface area contributed by atoms with Gasteiger partial charge < -0.3 is 15.7 Å². The van der Waals surface area contributed by atoms with E-state index in [1.54, 1.807) is 0 Å². The first kappa shape index (κ1) is 15.1. The van der Waals surface area contributed by atoms with Crippen LogP contribution in [0.2, 0.25) is 0 Å². The Labute approximate surface area is 112 Å². The van der Waals surface area contributed by atoms with Crippen LogP contribution in [-0.4, -0.2) is 40.7 Å². The van der Waals surface area contributed by atoms with Gasteiger partial charge in [-0.05, 0) is 30.3 Å². The molecular formula is C12H22N2O3S. The number of carbonyl (C=O) groups excluding carboxylic acids is 1. The molecule has 18 heavy (non-hydrogen) atoms. The molecule has 5 nitrogen and oxygen atoms in total. The van der Waals surface area contributed by atoms with E-state index in [1.807, 2.05) is 25.6 Å². The lowest BCUT2D eigenvalue weighted by atomic mass is 9.99. The standard InChI is InChI=1S/C12H22N2O3S/c1-3-8(2)10(11(15)16)14-12(17)13-9-4-6-18-7-5-9/h8-10H,3-7H2,1-2H3,(H,15,16)(H2,13,14,17)/t8-,10-/m0/s1. The molecule has 1 heterocycles. The summed E-state index contributed by atoms with van der Waals surface area (Å²) in [6.07, 6.45) is 2.63. The fourth-order valence-electron chi connectivity index (χ4n) is 1.89. The number of amides is 2. The number of aliphatic carboxylic acids is 1. The molecule has 0 spiro atoms. The number of nitrogens with one attached hydrogen (secondary N) is 2. The zero-order valence-electron chi connectivity index (χ0n) is 10.9. The van der Waals surface area contributed by atoms with Gasteiger partial charge in [0, 0.05) is 6.04 Å². The van der Waals surface area contributed by atoms with Crippen LogP contribution in [0, 0.1) is 5.92 Å². The number of carboxylic acids is 1. The van der Waals surface area contributed by atoms with Crippen molar-refractivity contribution >= 4 is 23.8 Å². The van der Waals surface area contributed by atoms with Crippen LogP contribution in [-0.2, 0) is 4.79 Å². The maximum atomic E-state index is 11.8. The molecular weight excluding hydrogens is 252 g/mol. The Bertz CT molecular complexity index is 293. The van der Waals surface area contributed by atoms with Gasteiger partial charge in [0.1, 0.15) is 6.04 Å². The quantitative estimate of drug-likeness (QED) is 0.713. The molecule has 2 atom stereocenters. The fourth-order valence-corrected chi connectivity index (χ4v) is 3.00. The van der Waals surface area contributed by atoms with E-state index < -0.39 is 12.0 Å². The van der Waals surface area contributed by atoms with E-state index in [4.69, 9.17) is 5.11 Å². The predicted octanol–water partition coefficient (Wildman–Crippen LogP) is 1.68. The van der Waals surface area contributed by atoms with Gasteiger partial charge in [0.2, 0.25) is 0 Å². The average molecular weight is 274 g/mol. The van der Waals surface area contributed by atoms with Crippen molar-refractivity contribution in [1.29, 1.82) is 0 Å². The normalized spacial score (nSPS) is 19.9. The van der Waals surface area contributed by atoms with Crippen molar-refractivity contribution in [3.05, 3.63) is 0 Å². The van der Waals surface area contributed by atoms with Crippen LogP contribution in [0.25, 0.3) is 0 Å². The summed E-state index contributed by atoms with van der Waals surface area (Å²) in [6.45, 7) is 3.74. The summed E-state index contributed by atoms with van der Waals surface area (Å²) in [7, 11) is 0. The summed E-state index contributed by atoms with van der Waals surface area (Å²) < 4.78 is 0. The van der Waals surface area contributed by atoms with E-state index in [2.05, 4.69) is 10.6 Å². The number of carboxylic acid groups (broad SMARTS) is 1. The van der Waals surface area contributed by atoms with Gasteiger partial charge in [-0.3, -0.25) is 0 Å². The number of rotatable bonds is 5. The predicted molar refractivity (Wildman–Crippen MR) is 72.9 cm³/mol. The Morgan fingerprint density at radius 3 is 2.50 bits per heavy atom. The van der Waals surface area contributed by atoms with Crippen LogP contribution < -0.4 is 10.6 Å². The number of thioether (sulfide) groups is 1. The molecule has 0 aromatic rings. The lowest BCUT2D eigenvalue weighted by Crippen LogP contribution is -2.51. The van der Waals surface area contributed by atoms with E-state index >= 15 is 0 Å². The van der Waals surface area contributed by atoms with Crippen molar-refractivity contribution in [2.45, 2.75) is 45.2 Å². The number of urea groups is 1. The molecule has 1 aliphatic rings. The minimum atomic E-state index is -0.973. The monoisotopic (exact) mass is 274 g/mol. The van der Waals surface area contributed by atoms with Crippen molar-refractivity contribution in [2.75, 3.05) is 11.5 Å². The topological polar surface area (TPSA) is 78.4 Å². The lowest BCUT2D eigenvalue weighted by molar-refractivity contribution is -0.140. The Balaban J connectivity index is 2.42. The number of hydrogen-bond acceptors (Lipinski definition) is 3. The third-order valence-corrected chi connectivity index (χ3v) is 4.37. The summed E-state index contributed by atoms with van der Waals surface area (Å²) in [5.74, 6) is 1.06. The molecule has 1 aliphatic heterocycles. The summed E-state index contributed by atoms with van der Waals surface area (Å²) in [5, 5.41) is 14.5. The van der Waals surface area contributed by atoms with Crippen LogP contribution in [0.5, 0.6) is 0 Å². The summed E-state index contributed by atoms with van der Waals surface area (Å²) in [6, 6.07) is -0.995. The van der Waals surface area contributed by atoms with E-state index in [0.717, 1.165) is 30.8 Å². The smallest absolute Gasteiger partial charge is 0.326 e. The molecule has 0 aromatic heterocycles. The maximum absolute atomic E-state index is 11.8. The van der Waals surface area contributed by atoms with E-state index in [-0.39, 0.29) is 18.0 Å². The average Bonchev–Trinajstić information content (AvgIpc) is 2.36.